The largest absolute Gasteiger partial charge is 0.480 e. The Kier molecular flexibility index (Phi) is 5.83. The van der Waals surface area contributed by atoms with Crippen LogP contribution in [0.25, 0.3) is 11.1 Å². The highest BCUT2D eigenvalue weighted by Gasteiger charge is 2.32. The van der Waals surface area contributed by atoms with Crippen LogP contribution in [0.2, 0.25) is 10.0 Å². The summed E-state index contributed by atoms with van der Waals surface area (Å²) in [6, 6.07) is 14.7. The van der Waals surface area contributed by atoms with Gasteiger partial charge in [-0.25, -0.2) is 13.6 Å². The molecule has 4 rings (SSSR count). The van der Waals surface area contributed by atoms with Crippen molar-refractivity contribution in [1.82, 2.24) is 0 Å². The number of halogens is 4. The molecule has 0 spiro atoms. The molecule has 10 heteroatoms. The number of primary sulfonamides is 1. The van der Waals surface area contributed by atoms with Gasteiger partial charge in [0, 0.05) is 10.6 Å². The van der Waals surface area contributed by atoms with Gasteiger partial charge in [0.2, 0.25) is 10.0 Å². The molecule has 2 N–H and O–H groups in total. The third-order valence-corrected chi connectivity index (χ3v) is 5.98. The summed E-state index contributed by atoms with van der Waals surface area (Å²) in [4.78, 5) is 0. The van der Waals surface area contributed by atoms with Crippen molar-refractivity contribution in [2.75, 3.05) is 0 Å². The van der Waals surface area contributed by atoms with Crippen LogP contribution in [0, 0.1) is 0 Å². The third kappa shape index (κ3) is 4.62. The number of nitrogens with two attached hydrogens (primary N) is 1. The molecule has 5 nitrogen and oxygen atoms in total. The van der Waals surface area contributed by atoms with Crippen molar-refractivity contribution in [2.45, 2.75) is 18.5 Å². The Labute approximate surface area is 187 Å². The summed E-state index contributed by atoms with van der Waals surface area (Å²) in [7, 11) is -3.79. The highest BCUT2D eigenvalue weighted by molar-refractivity contribution is 7.88. The van der Waals surface area contributed by atoms with E-state index in [9.17, 15) is 17.2 Å². The van der Waals surface area contributed by atoms with Crippen molar-refractivity contribution in [3.05, 3.63) is 81.3 Å². The van der Waals surface area contributed by atoms with Crippen molar-refractivity contribution >= 4 is 33.2 Å². The molecule has 162 valence electrons. The summed E-state index contributed by atoms with van der Waals surface area (Å²) in [5.74, 6) is -0.332. The van der Waals surface area contributed by atoms with Gasteiger partial charge in [-0.2, -0.15) is 8.78 Å². The van der Waals surface area contributed by atoms with Crippen LogP contribution in [-0.4, -0.2) is 15.0 Å². The Morgan fingerprint density at radius 3 is 2.55 bits per heavy atom. The number of hydrogen-bond donors (Lipinski definition) is 1. The standard InChI is InChI=1S/C21H15Cl2F2NO4S/c22-13-3-1-2-12(9-13)19-15-8-11(10-31(26,27)28)4-5-14(15)18-17(29-19)7-6-16(23)20(18)30-21(24)25/h1-9,19,21H,10H2,(H2,26,27,28). The normalized spacial score (nSPS) is 15.2. The predicted octanol–water partition coefficient (Wildman–Crippen LogP) is 5.53. The molecule has 31 heavy (non-hydrogen) atoms. The van der Waals surface area contributed by atoms with Crippen LogP contribution in [0.4, 0.5) is 8.78 Å². The van der Waals surface area contributed by atoms with Crippen molar-refractivity contribution in [3.63, 3.8) is 0 Å². The highest BCUT2D eigenvalue weighted by Crippen LogP contribution is 2.51. The zero-order valence-electron chi connectivity index (χ0n) is 15.7. The van der Waals surface area contributed by atoms with Gasteiger partial charge in [0.25, 0.3) is 0 Å². The third-order valence-electron chi connectivity index (χ3n) is 4.71. The fourth-order valence-corrected chi connectivity index (χ4v) is 4.63. The van der Waals surface area contributed by atoms with E-state index in [4.69, 9.17) is 33.1 Å². The zero-order chi connectivity index (χ0) is 22.3. The second-order valence-electron chi connectivity index (χ2n) is 6.91. The van der Waals surface area contributed by atoms with Gasteiger partial charge >= 0.3 is 6.61 Å². The fraction of sp³-hybridized carbons (Fsp3) is 0.143. The van der Waals surface area contributed by atoms with Crippen molar-refractivity contribution in [2.24, 2.45) is 5.14 Å². The number of benzene rings is 3. The molecule has 3 aromatic carbocycles. The van der Waals surface area contributed by atoms with Gasteiger partial charge in [0.05, 0.1) is 16.3 Å². The first-order chi connectivity index (χ1) is 14.6. The van der Waals surface area contributed by atoms with Gasteiger partial charge in [-0.15, -0.1) is 0 Å². The van der Waals surface area contributed by atoms with Gasteiger partial charge in [0.1, 0.15) is 11.9 Å². The van der Waals surface area contributed by atoms with Crippen LogP contribution in [0.1, 0.15) is 22.8 Å². The maximum absolute atomic E-state index is 13.1. The van der Waals surface area contributed by atoms with E-state index < -0.39 is 28.5 Å². The number of rotatable bonds is 5. The molecule has 0 bridgehead atoms. The summed E-state index contributed by atoms with van der Waals surface area (Å²) < 4.78 is 60.1. The van der Waals surface area contributed by atoms with E-state index in [1.165, 1.54) is 6.07 Å². The van der Waals surface area contributed by atoms with Gasteiger partial charge < -0.3 is 9.47 Å². The monoisotopic (exact) mass is 485 g/mol. The Morgan fingerprint density at radius 1 is 1.10 bits per heavy atom. The molecule has 1 unspecified atom stereocenters. The van der Waals surface area contributed by atoms with E-state index in [0.717, 1.165) is 0 Å². The maximum atomic E-state index is 13.1. The van der Waals surface area contributed by atoms with E-state index in [1.54, 1.807) is 48.5 Å². The first-order valence-electron chi connectivity index (χ1n) is 8.95. The van der Waals surface area contributed by atoms with E-state index in [0.29, 0.717) is 27.3 Å². The minimum absolute atomic E-state index is 0.0107. The van der Waals surface area contributed by atoms with Crippen LogP contribution >= 0.6 is 23.2 Å². The number of alkyl halides is 2. The lowest BCUT2D eigenvalue weighted by Crippen LogP contribution is -2.18. The molecule has 0 saturated heterocycles. The van der Waals surface area contributed by atoms with E-state index >= 15 is 0 Å². The second kappa shape index (κ2) is 8.27. The van der Waals surface area contributed by atoms with Gasteiger partial charge in [-0.3, -0.25) is 0 Å². The molecule has 1 aliphatic heterocycles. The number of ether oxygens (including phenoxy) is 2. The van der Waals surface area contributed by atoms with Crippen molar-refractivity contribution in [3.8, 4) is 22.6 Å². The minimum Gasteiger partial charge on any atom is -0.480 e. The van der Waals surface area contributed by atoms with E-state index in [2.05, 4.69) is 4.74 Å². The number of sulfonamides is 1. The maximum Gasteiger partial charge on any atom is 0.387 e. The van der Waals surface area contributed by atoms with Crippen molar-refractivity contribution < 1.29 is 26.7 Å². The highest BCUT2D eigenvalue weighted by atomic mass is 35.5. The minimum atomic E-state index is -3.79. The summed E-state index contributed by atoms with van der Waals surface area (Å²) in [6.07, 6.45) is -0.679. The molecular formula is C21H15Cl2F2NO4S. The molecule has 0 aliphatic carbocycles. The summed E-state index contributed by atoms with van der Waals surface area (Å²) >= 11 is 12.3. The molecule has 0 radical (unpaired) electrons. The summed E-state index contributed by atoms with van der Waals surface area (Å²) in [6.45, 7) is -3.10. The quantitative estimate of drug-likeness (QED) is 0.514. The lowest BCUT2D eigenvalue weighted by atomic mass is 9.88. The zero-order valence-corrected chi connectivity index (χ0v) is 18.0. The Bertz CT molecular complexity index is 1270. The van der Waals surface area contributed by atoms with Crippen LogP contribution in [-0.2, 0) is 15.8 Å². The SMILES string of the molecule is NS(=O)(=O)Cc1ccc2c(c1)C(c1cccc(Cl)c1)Oc1ccc(Cl)c(OC(F)F)c1-2. The van der Waals surface area contributed by atoms with Crippen molar-refractivity contribution in [1.29, 1.82) is 0 Å². The molecule has 0 fully saturated rings. The molecule has 0 amide bonds. The molecule has 0 aromatic heterocycles. The molecular weight excluding hydrogens is 471 g/mol. The second-order valence-corrected chi connectivity index (χ2v) is 9.37. The summed E-state index contributed by atoms with van der Waals surface area (Å²) in [5.41, 5.74) is 2.42. The molecule has 0 saturated carbocycles. The average molecular weight is 486 g/mol. The Morgan fingerprint density at radius 2 is 1.87 bits per heavy atom. The Hall–Kier alpha value is -2.39. The van der Waals surface area contributed by atoms with E-state index in [-0.39, 0.29) is 22.1 Å². The van der Waals surface area contributed by atoms with Crippen LogP contribution in [0.15, 0.2) is 54.6 Å². The van der Waals surface area contributed by atoms with Gasteiger partial charge in [0.15, 0.2) is 5.75 Å². The number of fused-ring (bicyclic) bond motifs is 3. The number of hydrogen-bond acceptors (Lipinski definition) is 4. The fourth-order valence-electron chi connectivity index (χ4n) is 3.58. The van der Waals surface area contributed by atoms with Crippen LogP contribution < -0.4 is 14.6 Å². The molecule has 3 aromatic rings. The van der Waals surface area contributed by atoms with Gasteiger partial charge in [-0.1, -0.05) is 53.5 Å². The first kappa shape index (κ1) is 21.8. The molecule has 1 aliphatic rings. The van der Waals surface area contributed by atoms with Crippen LogP contribution in [0.3, 0.4) is 0 Å². The Balaban J connectivity index is 1.95. The summed E-state index contributed by atoms with van der Waals surface area (Å²) in [5, 5.41) is 5.66. The van der Waals surface area contributed by atoms with Gasteiger partial charge in [-0.05, 0) is 41.0 Å². The first-order valence-corrected chi connectivity index (χ1v) is 11.4. The smallest absolute Gasteiger partial charge is 0.387 e. The van der Waals surface area contributed by atoms with E-state index in [1.807, 2.05) is 0 Å². The predicted molar refractivity (Wildman–Crippen MR) is 114 cm³/mol. The molecule has 1 atom stereocenters. The molecule has 1 heterocycles. The average Bonchev–Trinajstić information content (AvgIpc) is 2.67. The van der Waals surface area contributed by atoms with Crippen LogP contribution in [0.5, 0.6) is 11.5 Å². The lowest BCUT2D eigenvalue weighted by molar-refractivity contribution is -0.0495. The lowest BCUT2D eigenvalue weighted by Gasteiger charge is -2.31. The topological polar surface area (TPSA) is 78.6 Å².